The maximum atomic E-state index is 13.0. The molecule has 262 valence electrons. The second-order valence-corrected chi connectivity index (χ2v) is 17.2. The van der Waals surface area contributed by atoms with E-state index in [1.807, 2.05) is 57.4 Å². The Morgan fingerprint density at radius 2 is 1.20 bits per heavy atom. The number of benzene rings is 3. The molecule has 4 heterocycles. The lowest BCUT2D eigenvalue weighted by atomic mass is 10.00. The number of fused-ring (bicyclic) bond motifs is 2. The molecule has 0 unspecified atom stereocenters. The summed E-state index contributed by atoms with van der Waals surface area (Å²) in [5.74, 6) is 1.54. The van der Waals surface area contributed by atoms with Gasteiger partial charge in [0.25, 0.3) is 0 Å². The molecule has 0 radical (unpaired) electrons. The number of H-pyrrole nitrogens is 1. The molecule has 7 rings (SSSR count). The number of aromatic nitrogens is 3. The fraction of sp³-hybridized carbons (Fsp3) is 0.450. The summed E-state index contributed by atoms with van der Waals surface area (Å²) in [6.45, 7) is 17.0. The first-order valence-electron chi connectivity index (χ1n) is 17.6. The van der Waals surface area contributed by atoms with E-state index in [0.29, 0.717) is 24.9 Å². The Labute approximate surface area is 298 Å². The molecule has 0 spiro atoms. The maximum Gasteiger partial charge on any atom is 0.410 e. The Kier molecular flexibility index (Phi) is 8.65. The molecule has 1 N–H and O–H groups in total. The van der Waals surface area contributed by atoms with Crippen molar-refractivity contribution >= 4 is 44.8 Å². The number of amides is 2. The van der Waals surface area contributed by atoms with Crippen molar-refractivity contribution in [1.29, 1.82) is 0 Å². The van der Waals surface area contributed by atoms with E-state index in [2.05, 4.69) is 73.4 Å². The van der Waals surface area contributed by atoms with Crippen molar-refractivity contribution in [1.82, 2.24) is 24.8 Å². The van der Waals surface area contributed by atoms with E-state index < -0.39 is 11.2 Å². The monoisotopic (exact) mass is 693 g/mol. The van der Waals surface area contributed by atoms with Crippen LogP contribution in [0.1, 0.15) is 91.1 Å². The van der Waals surface area contributed by atoms with Crippen LogP contribution in [-0.4, -0.2) is 61.2 Å². The van der Waals surface area contributed by atoms with Crippen LogP contribution < -0.4 is 0 Å². The Balaban J connectivity index is 1.09. The highest BCUT2D eigenvalue weighted by Crippen LogP contribution is 2.41. The highest BCUT2D eigenvalue weighted by Gasteiger charge is 2.39. The van der Waals surface area contributed by atoms with Crippen molar-refractivity contribution < 1.29 is 19.1 Å². The molecule has 3 aromatic carbocycles. The van der Waals surface area contributed by atoms with E-state index in [-0.39, 0.29) is 24.3 Å². The Morgan fingerprint density at radius 1 is 0.700 bits per heavy atom. The van der Waals surface area contributed by atoms with E-state index >= 15 is 0 Å². The lowest BCUT2D eigenvalue weighted by molar-refractivity contribution is 0.0207. The van der Waals surface area contributed by atoms with Crippen LogP contribution >= 0.6 is 11.3 Å². The maximum absolute atomic E-state index is 13.0. The summed E-state index contributed by atoms with van der Waals surface area (Å²) in [5.41, 5.74) is 6.12. The number of carbonyl (C=O) groups is 2. The second kappa shape index (κ2) is 12.7. The first-order chi connectivity index (χ1) is 23.6. The second-order valence-electron chi connectivity index (χ2n) is 16.1. The third-order valence-corrected chi connectivity index (χ3v) is 10.5. The topological polar surface area (TPSA) is 101 Å². The summed E-state index contributed by atoms with van der Waals surface area (Å²) in [5, 5.41) is 0.958. The molecule has 2 aliphatic rings. The SMILES string of the molecule is C[C@H]1C[C@@H](c2nc3ccc(-c4ccc(-c5ccc6nc([C@@H]7C[C@H](C)CN7C(=O)OC(C)(C)C)sc6c5)cc4)cc3[nH]2)N(C(=O)OC(C)(C)C)C1. The predicted octanol–water partition coefficient (Wildman–Crippen LogP) is 10.1. The number of nitrogens with zero attached hydrogens (tertiary/aromatic N) is 4. The fourth-order valence-electron chi connectivity index (χ4n) is 7.12. The lowest BCUT2D eigenvalue weighted by Crippen LogP contribution is -2.37. The quantitative estimate of drug-likeness (QED) is 0.201. The molecular weight excluding hydrogens is 647 g/mol. The van der Waals surface area contributed by atoms with Crippen molar-refractivity contribution in [3.63, 3.8) is 0 Å². The van der Waals surface area contributed by atoms with Crippen molar-refractivity contribution in [3.8, 4) is 22.3 Å². The van der Waals surface area contributed by atoms with Crippen LogP contribution in [-0.2, 0) is 9.47 Å². The zero-order valence-electron chi connectivity index (χ0n) is 30.2. The average molecular weight is 694 g/mol. The van der Waals surface area contributed by atoms with Crippen LogP contribution in [0.2, 0.25) is 0 Å². The molecule has 4 atom stereocenters. The van der Waals surface area contributed by atoms with Gasteiger partial charge in [0.15, 0.2) is 0 Å². The van der Waals surface area contributed by atoms with Crippen molar-refractivity contribution in [3.05, 3.63) is 71.5 Å². The number of carbonyl (C=O) groups excluding carboxylic acids is 2. The Hall–Kier alpha value is -4.44. The standard InChI is InChI=1S/C40H47N5O4S/c1-23-17-32(44(21-23)37(46)48-39(3,4)5)35-41-29-15-13-27(19-31(29)42-35)25-9-11-26(12-10-25)28-14-16-30-34(20-28)50-36(43-30)33-18-24(2)22-45(33)38(47)49-40(6,7)8/h9-16,19-20,23-24,32-33H,17-18,21-22H2,1-8H3,(H,41,42)/t23-,24-,32-,33-/m0/s1. The summed E-state index contributed by atoms with van der Waals surface area (Å²) in [6.07, 6.45) is 1.15. The fourth-order valence-corrected chi connectivity index (χ4v) is 8.25. The summed E-state index contributed by atoms with van der Waals surface area (Å²) in [7, 11) is 0. The molecule has 2 aromatic heterocycles. The van der Waals surface area contributed by atoms with Crippen molar-refractivity contribution in [2.45, 2.75) is 91.5 Å². The van der Waals surface area contributed by atoms with Crippen LogP contribution in [0.5, 0.6) is 0 Å². The first-order valence-corrected chi connectivity index (χ1v) is 18.4. The number of likely N-dealkylation sites (tertiary alicyclic amines) is 2. The van der Waals surface area contributed by atoms with E-state index in [1.54, 1.807) is 11.3 Å². The van der Waals surface area contributed by atoms with Gasteiger partial charge < -0.3 is 14.5 Å². The normalized spacial score (nSPS) is 21.4. The van der Waals surface area contributed by atoms with Gasteiger partial charge in [0.2, 0.25) is 0 Å². The van der Waals surface area contributed by atoms with E-state index in [4.69, 9.17) is 19.4 Å². The van der Waals surface area contributed by atoms with Gasteiger partial charge in [-0.2, -0.15) is 0 Å². The number of rotatable bonds is 4. The van der Waals surface area contributed by atoms with Crippen LogP contribution in [0.4, 0.5) is 9.59 Å². The van der Waals surface area contributed by atoms with Gasteiger partial charge >= 0.3 is 12.2 Å². The minimum atomic E-state index is -0.551. The van der Waals surface area contributed by atoms with Gasteiger partial charge in [-0.25, -0.2) is 19.6 Å². The van der Waals surface area contributed by atoms with Crippen LogP contribution in [0.25, 0.3) is 43.5 Å². The number of ether oxygens (including phenoxy) is 2. The minimum Gasteiger partial charge on any atom is -0.444 e. The molecule has 2 aliphatic heterocycles. The molecule has 0 bridgehead atoms. The summed E-state index contributed by atoms with van der Waals surface area (Å²) >= 11 is 1.66. The first kappa shape index (κ1) is 34.0. The Bertz CT molecular complexity index is 1910. The molecule has 10 heteroatoms. The Morgan fingerprint density at radius 3 is 1.78 bits per heavy atom. The highest BCUT2D eigenvalue weighted by atomic mass is 32.1. The van der Waals surface area contributed by atoms with E-state index in [9.17, 15) is 9.59 Å². The summed E-state index contributed by atoms with van der Waals surface area (Å²) in [6, 6.07) is 21.1. The van der Waals surface area contributed by atoms with Crippen LogP contribution in [0.3, 0.4) is 0 Å². The zero-order valence-corrected chi connectivity index (χ0v) is 31.1. The van der Waals surface area contributed by atoms with E-state index in [1.165, 1.54) is 0 Å². The number of nitrogens with one attached hydrogen (secondary N) is 1. The summed E-state index contributed by atoms with van der Waals surface area (Å²) in [4.78, 5) is 43.1. The highest BCUT2D eigenvalue weighted by molar-refractivity contribution is 7.18. The van der Waals surface area contributed by atoms with Gasteiger partial charge in [-0.15, -0.1) is 11.3 Å². The largest absolute Gasteiger partial charge is 0.444 e. The minimum absolute atomic E-state index is 0.0751. The van der Waals surface area contributed by atoms with Crippen molar-refractivity contribution in [2.24, 2.45) is 11.8 Å². The van der Waals surface area contributed by atoms with Gasteiger partial charge in [0.05, 0.1) is 33.3 Å². The number of hydrogen-bond donors (Lipinski definition) is 1. The smallest absolute Gasteiger partial charge is 0.410 e. The summed E-state index contributed by atoms with van der Waals surface area (Å²) < 4.78 is 12.5. The predicted molar refractivity (Wildman–Crippen MR) is 199 cm³/mol. The third kappa shape index (κ3) is 7.08. The van der Waals surface area contributed by atoms with Gasteiger partial charge in [-0.05, 0) is 113 Å². The molecule has 9 nitrogen and oxygen atoms in total. The number of thiazole rings is 1. The molecule has 0 aliphatic carbocycles. The van der Waals surface area contributed by atoms with Gasteiger partial charge in [0.1, 0.15) is 22.0 Å². The molecule has 0 saturated carbocycles. The molecule has 2 saturated heterocycles. The number of hydrogen-bond acceptors (Lipinski definition) is 7. The molecule has 2 fully saturated rings. The van der Waals surface area contributed by atoms with E-state index in [0.717, 1.165) is 67.2 Å². The van der Waals surface area contributed by atoms with Crippen molar-refractivity contribution in [2.75, 3.05) is 13.1 Å². The third-order valence-electron chi connectivity index (χ3n) is 9.33. The molecule has 50 heavy (non-hydrogen) atoms. The van der Waals surface area contributed by atoms with Gasteiger partial charge in [-0.3, -0.25) is 9.80 Å². The van der Waals surface area contributed by atoms with Crippen LogP contribution in [0.15, 0.2) is 60.7 Å². The van der Waals surface area contributed by atoms with Gasteiger partial charge in [-0.1, -0.05) is 50.2 Å². The molecular formula is C40H47N5O4S. The van der Waals surface area contributed by atoms with Gasteiger partial charge in [0, 0.05) is 13.1 Å². The average Bonchev–Trinajstić information content (AvgIpc) is 3.82. The molecule has 2 amide bonds. The number of imidazole rings is 1. The van der Waals surface area contributed by atoms with Crippen LogP contribution in [0, 0.1) is 11.8 Å². The zero-order chi connectivity index (χ0) is 35.5. The number of aromatic amines is 1. The lowest BCUT2D eigenvalue weighted by Gasteiger charge is -2.27. The molecule has 5 aromatic rings.